The van der Waals surface area contributed by atoms with Crippen molar-refractivity contribution in [3.8, 4) is 11.8 Å². The first kappa shape index (κ1) is 19.2. The van der Waals surface area contributed by atoms with Gasteiger partial charge in [0.15, 0.2) is 9.84 Å². The van der Waals surface area contributed by atoms with E-state index in [1.165, 1.54) is 6.26 Å². The van der Waals surface area contributed by atoms with E-state index in [0.717, 1.165) is 24.1 Å². The second kappa shape index (κ2) is 8.84. The summed E-state index contributed by atoms with van der Waals surface area (Å²) in [6, 6.07) is 17.5. The van der Waals surface area contributed by atoms with Gasteiger partial charge in [0.05, 0.1) is 11.4 Å². The Hall–Kier alpha value is -2.09. The fourth-order valence-electron chi connectivity index (χ4n) is 2.47. The molecule has 0 aliphatic heterocycles. The lowest BCUT2D eigenvalue weighted by molar-refractivity contribution is 0.221. The minimum Gasteiger partial charge on any atom is -0.285 e. The van der Waals surface area contributed by atoms with Crippen LogP contribution in [0.1, 0.15) is 31.4 Å². The fourth-order valence-corrected chi connectivity index (χ4v) is 3.10. The Balaban J connectivity index is 2.09. The van der Waals surface area contributed by atoms with E-state index in [2.05, 4.69) is 30.6 Å². The zero-order chi connectivity index (χ0) is 18.3. The van der Waals surface area contributed by atoms with Gasteiger partial charge in [-0.25, -0.2) is 8.42 Å². The average Bonchev–Trinajstić information content (AvgIpc) is 2.61. The molecule has 0 unspecified atom stereocenters. The molecule has 0 aromatic heterocycles. The first-order chi connectivity index (χ1) is 11.9. The van der Waals surface area contributed by atoms with E-state index in [1.54, 1.807) is 12.1 Å². The summed E-state index contributed by atoms with van der Waals surface area (Å²) in [7, 11) is -3.15. The number of sulfone groups is 1. The Morgan fingerprint density at radius 2 is 1.68 bits per heavy atom. The highest BCUT2D eigenvalue weighted by Gasteiger charge is 2.12. The summed E-state index contributed by atoms with van der Waals surface area (Å²) < 4.78 is 23.1. The SMILES string of the molecule is CC[C@H](C)N(CC#Cc1ccccc1)Cc1ccc(S(C)(=O)=O)cc1. The number of benzene rings is 2. The minimum absolute atomic E-state index is 0.357. The van der Waals surface area contributed by atoms with E-state index in [1.807, 2.05) is 42.5 Å². The summed E-state index contributed by atoms with van der Waals surface area (Å²) in [6.45, 7) is 5.78. The standard InChI is InChI=1S/C21H25NO2S/c1-4-18(2)22(16-8-11-19-9-6-5-7-10-19)17-20-12-14-21(15-13-20)25(3,23)24/h5-7,9-10,12-15,18H,4,16-17H2,1-3H3/t18-/m0/s1. The summed E-state index contributed by atoms with van der Waals surface area (Å²) in [5.41, 5.74) is 2.11. The molecule has 0 fully saturated rings. The molecular formula is C21H25NO2S. The van der Waals surface area contributed by atoms with Crippen LogP contribution in [0.2, 0.25) is 0 Å². The van der Waals surface area contributed by atoms with Gasteiger partial charge in [-0.1, -0.05) is 49.1 Å². The van der Waals surface area contributed by atoms with Crippen LogP contribution in [0, 0.1) is 11.8 Å². The lowest BCUT2D eigenvalue weighted by atomic mass is 10.1. The Morgan fingerprint density at radius 3 is 2.24 bits per heavy atom. The van der Waals surface area contributed by atoms with Crippen molar-refractivity contribution >= 4 is 9.84 Å². The van der Waals surface area contributed by atoms with Crippen LogP contribution in [0.15, 0.2) is 59.5 Å². The maximum absolute atomic E-state index is 11.6. The monoisotopic (exact) mass is 355 g/mol. The molecule has 0 bridgehead atoms. The van der Waals surface area contributed by atoms with Gasteiger partial charge in [-0.3, -0.25) is 4.90 Å². The highest BCUT2D eigenvalue weighted by atomic mass is 32.2. The second-order valence-electron chi connectivity index (χ2n) is 6.25. The maximum Gasteiger partial charge on any atom is 0.175 e. The Kier molecular flexibility index (Phi) is 6.81. The number of hydrogen-bond acceptors (Lipinski definition) is 3. The first-order valence-electron chi connectivity index (χ1n) is 8.47. The highest BCUT2D eigenvalue weighted by Crippen LogP contribution is 2.14. The third kappa shape index (κ3) is 6.04. The lowest BCUT2D eigenvalue weighted by Gasteiger charge is -2.26. The molecule has 0 aliphatic carbocycles. The predicted molar refractivity (Wildman–Crippen MR) is 103 cm³/mol. The number of rotatable bonds is 6. The Labute approximate surface area is 151 Å². The summed E-state index contributed by atoms with van der Waals surface area (Å²) in [6.07, 6.45) is 2.26. The van der Waals surface area contributed by atoms with Crippen molar-refractivity contribution in [2.75, 3.05) is 12.8 Å². The lowest BCUT2D eigenvalue weighted by Crippen LogP contribution is -2.32. The number of nitrogens with zero attached hydrogens (tertiary/aromatic N) is 1. The molecule has 2 rings (SSSR count). The van der Waals surface area contributed by atoms with Gasteiger partial charge in [0.2, 0.25) is 0 Å². The molecule has 0 heterocycles. The summed E-state index contributed by atoms with van der Waals surface area (Å²) in [4.78, 5) is 2.67. The maximum atomic E-state index is 11.6. The molecule has 0 spiro atoms. The molecular weight excluding hydrogens is 330 g/mol. The number of hydrogen-bond donors (Lipinski definition) is 0. The van der Waals surface area contributed by atoms with E-state index in [-0.39, 0.29) is 0 Å². The van der Waals surface area contributed by atoms with Crippen LogP contribution in [0.4, 0.5) is 0 Å². The van der Waals surface area contributed by atoms with Crippen molar-refractivity contribution in [3.05, 3.63) is 65.7 Å². The molecule has 1 atom stereocenters. The minimum atomic E-state index is -3.15. The zero-order valence-electron chi connectivity index (χ0n) is 15.1. The van der Waals surface area contributed by atoms with Crippen molar-refractivity contribution in [1.82, 2.24) is 4.90 Å². The molecule has 4 heteroatoms. The molecule has 0 radical (unpaired) electrons. The van der Waals surface area contributed by atoms with Gasteiger partial charge in [-0.2, -0.15) is 0 Å². The van der Waals surface area contributed by atoms with Crippen LogP contribution in [0.5, 0.6) is 0 Å². The van der Waals surface area contributed by atoms with Crippen LogP contribution < -0.4 is 0 Å². The fraction of sp³-hybridized carbons (Fsp3) is 0.333. The van der Waals surface area contributed by atoms with Crippen molar-refractivity contribution in [1.29, 1.82) is 0 Å². The summed E-state index contributed by atoms with van der Waals surface area (Å²) in [5, 5.41) is 0. The Bertz CT molecular complexity index is 831. The van der Waals surface area contributed by atoms with E-state index < -0.39 is 9.84 Å². The molecule has 0 aliphatic rings. The van der Waals surface area contributed by atoms with Crippen LogP contribution in [0.3, 0.4) is 0 Å². The predicted octanol–water partition coefficient (Wildman–Crippen LogP) is 3.74. The van der Waals surface area contributed by atoms with Crippen LogP contribution in [-0.2, 0) is 16.4 Å². The van der Waals surface area contributed by atoms with E-state index >= 15 is 0 Å². The normalized spacial score (nSPS) is 12.5. The molecule has 2 aromatic rings. The van der Waals surface area contributed by atoms with E-state index in [4.69, 9.17) is 0 Å². The first-order valence-corrected chi connectivity index (χ1v) is 10.4. The van der Waals surface area contributed by atoms with Crippen molar-refractivity contribution in [2.45, 2.75) is 37.8 Å². The van der Waals surface area contributed by atoms with Gasteiger partial charge in [0.1, 0.15) is 0 Å². The largest absolute Gasteiger partial charge is 0.285 e. The smallest absolute Gasteiger partial charge is 0.175 e. The third-order valence-electron chi connectivity index (χ3n) is 4.24. The van der Waals surface area contributed by atoms with Crippen LogP contribution >= 0.6 is 0 Å². The third-order valence-corrected chi connectivity index (χ3v) is 5.37. The van der Waals surface area contributed by atoms with Gasteiger partial charge in [-0.15, -0.1) is 0 Å². The van der Waals surface area contributed by atoms with Gasteiger partial charge in [0, 0.05) is 24.4 Å². The molecule has 2 aromatic carbocycles. The van der Waals surface area contributed by atoms with Crippen molar-refractivity contribution < 1.29 is 8.42 Å². The van der Waals surface area contributed by atoms with E-state index in [0.29, 0.717) is 17.5 Å². The summed E-state index contributed by atoms with van der Waals surface area (Å²) >= 11 is 0. The Morgan fingerprint density at radius 1 is 1.04 bits per heavy atom. The molecule has 25 heavy (non-hydrogen) atoms. The average molecular weight is 356 g/mol. The molecule has 0 amide bonds. The van der Waals surface area contributed by atoms with Crippen molar-refractivity contribution in [2.24, 2.45) is 0 Å². The van der Waals surface area contributed by atoms with Crippen molar-refractivity contribution in [3.63, 3.8) is 0 Å². The topological polar surface area (TPSA) is 37.4 Å². The summed E-state index contributed by atoms with van der Waals surface area (Å²) in [5.74, 6) is 6.45. The van der Waals surface area contributed by atoms with Gasteiger partial charge in [-0.05, 0) is 43.2 Å². The molecule has 0 N–H and O–H groups in total. The van der Waals surface area contributed by atoms with Gasteiger partial charge < -0.3 is 0 Å². The molecule has 132 valence electrons. The molecule has 0 saturated carbocycles. The van der Waals surface area contributed by atoms with Crippen LogP contribution in [-0.4, -0.2) is 32.2 Å². The second-order valence-corrected chi connectivity index (χ2v) is 8.26. The quantitative estimate of drug-likeness (QED) is 0.741. The molecule has 3 nitrogen and oxygen atoms in total. The zero-order valence-corrected chi connectivity index (χ0v) is 15.9. The highest BCUT2D eigenvalue weighted by molar-refractivity contribution is 7.90. The molecule has 0 saturated heterocycles. The van der Waals surface area contributed by atoms with Gasteiger partial charge in [0.25, 0.3) is 0 Å². The van der Waals surface area contributed by atoms with Gasteiger partial charge >= 0.3 is 0 Å². The van der Waals surface area contributed by atoms with E-state index in [9.17, 15) is 8.42 Å². The van der Waals surface area contributed by atoms with Crippen LogP contribution in [0.25, 0.3) is 0 Å².